The van der Waals surface area contributed by atoms with Crippen molar-refractivity contribution in [1.82, 2.24) is 14.8 Å². The summed E-state index contributed by atoms with van der Waals surface area (Å²) in [7, 11) is 0. The van der Waals surface area contributed by atoms with Crippen LogP contribution in [0.25, 0.3) is 0 Å². The van der Waals surface area contributed by atoms with E-state index in [2.05, 4.69) is 20.9 Å². The number of nitrogens with zero attached hydrogens (tertiary/aromatic N) is 4. The summed E-state index contributed by atoms with van der Waals surface area (Å²) in [6.07, 6.45) is 0.160. The number of hydrogen-bond donors (Lipinski definition) is 2. The fourth-order valence-corrected chi connectivity index (χ4v) is 4.44. The molecule has 168 valence electrons. The van der Waals surface area contributed by atoms with Gasteiger partial charge in [0.15, 0.2) is 0 Å². The van der Waals surface area contributed by atoms with E-state index in [1.54, 1.807) is 12.1 Å². The van der Waals surface area contributed by atoms with E-state index in [1.807, 2.05) is 19.9 Å². The average Bonchev–Trinajstić information content (AvgIpc) is 3.16. The highest BCUT2D eigenvalue weighted by Gasteiger charge is 2.27. The van der Waals surface area contributed by atoms with E-state index in [1.165, 1.54) is 6.20 Å². The Morgan fingerprint density at radius 2 is 1.78 bits per heavy atom. The molecule has 2 aliphatic heterocycles. The molecule has 1 saturated heterocycles. The van der Waals surface area contributed by atoms with E-state index in [4.69, 9.17) is 10.00 Å². The molecule has 2 N–H and O–H groups in total. The van der Waals surface area contributed by atoms with E-state index in [0.717, 1.165) is 48.4 Å². The van der Waals surface area contributed by atoms with Crippen LogP contribution in [-0.2, 0) is 11.3 Å². The lowest BCUT2D eigenvalue weighted by Crippen LogP contribution is -2.48. The van der Waals surface area contributed by atoms with Gasteiger partial charge in [0.05, 0.1) is 22.9 Å². The number of ether oxygens (including phenoxy) is 1. The molecule has 32 heavy (non-hydrogen) atoms. The molecule has 0 radical (unpaired) electrons. The normalized spacial score (nSPS) is 18.7. The van der Waals surface area contributed by atoms with Crippen molar-refractivity contribution in [3.8, 4) is 6.07 Å². The summed E-state index contributed by atoms with van der Waals surface area (Å²) >= 11 is 0. The molecule has 0 saturated carbocycles. The molecule has 2 atom stereocenters. The number of carbonyl (C=O) groups excluding carboxylic acids is 1. The lowest BCUT2D eigenvalue weighted by molar-refractivity contribution is 0.0470. The minimum absolute atomic E-state index is 0.273. The molecule has 2 aromatic rings. The lowest BCUT2D eigenvalue weighted by atomic mass is 9.95. The van der Waals surface area contributed by atoms with Crippen molar-refractivity contribution < 1.29 is 19.7 Å². The number of cyclic esters (lactones) is 1. The first kappa shape index (κ1) is 22.4. The highest BCUT2D eigenvalue weighted by atomic mass is 16.5. The summed E-state index contributed by atoms with van der Waals surface area (Å²) in [4.78, 5) is 20.4. The average molecular weight is 437 g/mol. The Balaban J connectivity index is 1.30. The Bertz CT molecular complexity index is 1060. The van der Waals surface area contributed by atoms with Crippen LogP contribution in [0.2, 0.25) is 0 Å². The number of β-amino-alcohol motifs (C(OH)–C–C–N with tert-alkyl or cyclic N) is 2. The number of aliphatic hydroxyl groups excluding tert-OH is 2. The lowest BCUT2D eigenvalue weighted by Gasteiger charge is -2.36. The molecular formula is C24H28N4O4. The van der Waals surface area contributed by atoms with Crippen LogP contribution >= 0.6 is 0 Å². The van der Waals surface area contributed by atoms with E-state index < -0.39 is 12.2 Å². The van der Waals surface area contributed by atoms with Crippen molar-refractivity contribution >= 4 is 5.97 Å². The quantitative estimate of drug-likeness (QED) is 0.658. The first-order valence-electron chi connectivity index (χ1n) is 10.8. The minimum atomic E-state index is -0.711. The van der Waals surface area contributed by atoms with Gasteiger partial charge in [0.25, 0.3) is 0 Å². The summed E-state index contributed by atoms with van der Waals surface area (Å²) in [6.45, 7) is 8.17. The van der Waals surface area contributed by atoms with Gasteiger partial charge < -0.3 is 14.9 Å². The van der Waals surface area contributed by atoms with Gasteiger partial charge in [-0.2, -0.15) is 5.26 Å². The summed E-state index contributed by atoms with van der Waals surface area (Å²) in [5, 5.41) is 30.4. The summed E-state index contributed by atoms with van der Waals surface area (Å²) < 4.78 is 5.11. The molecule has 0 bridgehead atoms. The number of rotatable bonds is 6. The standard InChI is InChI=1S/C24H28N4O4/c1-15-9-21(26-11-17(15)10-25)23(30)13-28-7-5-27(6-8-28)12-22(29)18-3-4-19-20(16(18)2)14-32-24(19)31/h3-4,9,11,22-23,29-30H,5-8,12-14H2,1-2H3/t22-,23+/m1/s1. The molecular weight excluding hydrogens is 408 g/mol. The van der Waals surface area contributed by atoms with Gasteiger partial charge in [0.2, 0.25) is 0 Å². The van der Waals surface area contributed by atoms with Gasteiger partial charge in [-0.05, 0) is 42.7 Å². The number of esters is 1. The van der Waals surface area contributed by atoms with E-state index >= 15 is 0 Å². The van der Waals surface area contributed by atoms with Gasteiger partial charge in [0, 0.05) is 51.0 Å². The van der Waals surface area contributed by atoms with E-state index in [0.29, 0.717) is 29.9 Å². The molecule has 8 heteroatoms. The first-order chi connectivity index (χ1) is 15.4. The van der Waals surface area contributed by atoms with Gasteiger partial charge >= 0.3 is 5.97 Å². The maximum absolute atomic E-state index is 11.7. The Labute approximate surface area is 187 Å². The van der Waals surface area contributed by atoms with Crippen molar-refractivity contribution in [2.75, 3.05) is 39.3 Å². The zero-order valence-electron chi connectivity index (χ0n) is 18.4. The maximum atomic E-state index is 11.7. The number of pyridine rings is 1. The molecule has 2 aliphatic rings. The number of carbonyl (C=O) groups is 1. The van der Waals surface area contributed by atoms with Gasteiger partial charge in [0.1, 0.15) is 18.8 Å². The third kappa shape index (κ3) is 4.52. The molecule has 0 aliphatic carbocycles. The Hall–Kier alpha value is -2.83. The van der Waals surface area contributed by atoms with Crippen molar-refractivity contribution in [2.24, 2.45) is 0 Å². The number of aromatic nitrogens is 1. The third-order valence-corrected chi connectivity index (χ3v) is 6.49. The molecule has 8 nitrogen and oxygen atoms in total. The van der Waals surface area contributed by atoms with Gasteiger partial charge in [-0.3, -0.25) is 14.8 Å². The fraction of sp³-hybridized carbons (Fsp3) is 0.458. The molecule has 3 heterocycles. The van der Waals surface area contributed by atoms with Gasteiger partial charge in [-0.15, -0.1) is 0 Å². The van der Waals surface area contributed by atoms with Crippen molar-refractivity contribution in [1.29, 1.82) is 5.26 Å². The number of hydrogen-bond acceptors (Lipinski definition) is 8. The first-order valence-corrected chi connectivity index (χ1v) is 10.8. The zero-order valence-corrected chi connectivity index (χ0v) is 18.4. The summed E-state index contributed by atoms with van der Waals surface area (Å²) in [5.74, 6) is -0.297. The summed E-state index contributed by atoms with van der Waals surface area (Å²) in [6, 6.07) is 7.43. The highest BCUT2D eigenvalue weighted by molar-refractivity contribution is 5.93. The fourth-order valence-electron chi connectivity index (χ4n) is 4.44. The van der Waals surface area contributed by atoms with Crippen molar-refractivity contribution in [3.05, 3.63) is 63.5 Å². The smallest absolute Gasteiger partial charge is 0.338 e. The second-order valence-electron chi connectivity index (χ2n) is 8.55. The number of nitriles is 1. The maximum Gasteiger partial charge on any atom is 0.338 e. The largest absolute Gasteiger partial charge is 0.457 e. The highest BCUT2D eigenvalue weighted by Crippen LogP contribution is 2.29. The number of piperazine rings is 1. The SMILES string of the molecule is Cc1cc([C@@H](O)CN2CCN(C[C@@H](O)c3ccc4c(c3C)COC4=O)CC2)ncc1C#N. The van der Waals surface area contributed by atoms with E-state index in [-0.39, 0.29) is 12.6 Å². The van der Waals surface area contributed by atoms with Crippen LogP contribution in [0.4, 0.5) is 0 Å². The Morgan fingerprint density at radius 3 is 2.41 bits per heavy atom. The van der Waals surface area contributed by atoms with Crippen LogP contribution < -0.4 is 0 Å². The van der Waals surface area contributed by atoms with Crippen LogP contribution in [0.3, 0.4) is 0 Å². The van der Waals surface area contributed by atoms with E-state index in [9.17, 15) is 15.0 Å². The second kappa shape index (κ2) is 9.35. The van der Waals surface area contributed by atoms with Crippen LogP contribution in [0.1, 0.15) is 56.1 Å². The molecule has 1 aromatic heterocycles. The third-order valence-electron chi connectivity index (χ3n) is 6.49. The molecule has 0 unspecified atom stereocenters. The predicted octanol–water partition coefficient (Wildman–Crippen LogP) is 1.63. The molecule has 1 fully saturated rings. The van der Waals surface area contributed by atoms with Crippen LogP contribution in [0, 0.1) is 25.2 Å². The predicted molar refractivity (Wildman–Crippen MR) is 117 cm³/mol. The summed E-state index contributed by atoms with van der Waals surface area (Å²) in [5.41, 5.74) is 5.14. The van der Waals surface area contributed by atoms with Gasteiger partial charge in [-0.25, -0.2) is 4.79 Å². The zero-order chi connectivity index (χ0) is 22.8. The van der Waals surface area contributed by atoms with Crippen molar-refractivity contribution in [2.45, 2.75) is 32.7 Å². The van der Waals surface area contributed by atoms with Crippen LogP contribution in [0.5, 0.6) is 0 Å². The number of aryl methyl sites for hydroxylation is 1. The van der Waals surface area contributed by atoms with Crippen molar-refractivity contribution in [3.63, 3.8) is 0 Å². The number of benzene rings is 1. The van der Waals surface area contributed by atoms with Crippen LogP contribution in [0.15, 0.2) is 24.4 Å². The topological polar surface area (TPSA) is 110 Å². The Kier molecular flexibility index (Phi) is 6.53. The number of aliphatic hydroxyl groups is 2. The Morgan fingerprint density at radius 1 is 1.12 bits per heavy atom. The molecule has 1 aromatic carbocycles. The minimum Gasteiger partial charge on any atom is -0.457 e. The molecule has 0 amide bonds. The van der Waals surface area contributed by atoms with Gasteiger partial charge in [-0.1, -0.05) is 6.07 Å². The monoisotopic (exact) mass is 436 g/mol. The second-order valence-corrected chi connectivity index (χ2v) is 8.55. The molecule has 4 rings (SSSR count). The number of fused-ring (bicyclic) bond motifs is 1. The molecule has 0 spiro atoms. The van der Waals surface area contributed by atoms with Crippen LogP contribution in [-0.4, -0.2) is 70.2 Å².